The number of ether oxygens (including phenoxy) is 1. The topological polar surface area (TPSA) is 88.2 Å². The van der Waals surface area contributed by atoms with Crippen molar-refractivity contribution in [1.82, 2.24) is 4.90 Å². The number of nitrogens with zero attached hydrogens (tertiary/aromatic N) is 2. The molecule has 1 atom stereocenters. The Morgan fingerprint density at radius 2 is 2.10 bits per heavy atom. The number of oxime groups is 1. The number of amides is 1. The molecule has 0 aliphatic heterocycles. The lowest BCUT2D eigenvalue weighted by molar-refractivity contribution is -0.133. The highest BCUT2D eigenvalue weighted by Crippen LogP contribution is 2.15. The number of benzene rings is 1. The number of carbonyl (C=O) groups is 1. The highest BCUT2D eigenvalue weighted by atomic mass is 35.5. The first-order valence-corrected chi connectivity index (χ1v) is 6.42. The van der Waals surface area contributed by atoms with Crippen LogP contribution in [0.25, 0.3) is 0 Å². The Labute approximate surface area is 122 Å². The summed E-state index contributed by atoms with van der Waals surface area (Å²) in [5, 5.41) is 12.0. The number of hydrogen-bond donors (Lipinski definition) is 2. The highest BCUT2D eigenvalue weighted by Gasteiger charge is 2.17. The number of nitrogens with two attached hydrogens (primary N) is 1. The zero-order chi connectivity index (χ0) is 15.1. The Bertz CT molecular complexity index is 476. The number of likely N-dealkylation sites (N-methyl/N-ethyl adjacent to an activating group) is 1. The second-order valence-corrected chi connectivity index (χ2v) is 4.83. The van der Waals surface area contributed by atoms with Gasteiger partial charge in [0, 0.05) is 24.5 Å². The van der Waals surface area contributed by atoms with E-state index in [9.17, 15) is 4.79 Å². The van der Waals surface area contributed by atoms with Crippen LogP contribution in [-0.4, -0.2) is 41.5 Å². The van der Waals surface area contributed by atoms with Gasteiger partial charge in [0.25, 0.3) is 5.91 Å². The minimum Gasteiger partial charge on any atom is -0.484 e. The third-order valence-electron chi connectivity index (χ3n) is 2.86. The molecule has 3 N–H and O–H groups in total. The maximum absolute atomic E-state index is 11.9. The van der Waals surface area contributed by atoms with Crippen LogP contribution in [0.15, 0.2) is 29.4 Å². The third kappa shape index (κ3) is 4.97. The molecule has 1 aromatic carbocycles. The summed E-state index contributed by atoms with van der Waals surface area (Å²) in [5.74, 6) is 0.453. The minimum absolute atomic E-state index is 0.0794. The minimum atomic E-state index is -0.196. The van der Waals surface area contributed by atoms with Gasteiger partial charge in [-0.15, -0.1) is 0 Å². The lowest BCUT2D eigenvalue weighted by Gasteiger charge is -2.24. The van der Waals surface area contributed by atoms with E-state index in [1.54, 1.807) is 38.2 Å². The summed E-state index contributed by atoms with van der Waals surface area (Å²) in [5.41, 5.74) is 5.41. The van der Waals surface area contributed by atoms with Gasteiger partial charge in [0.1, 0.15) is 11.6 Å². The lowest BCUT2D eigenvalue weighted by Crippen LogP contribution is -2.40. The molecule has 6 nitrogen and oxygen atoms in total. The predicted octanol–water partition coefficient (Wildman–Crippen LogP) is 1.70. The molecule has 20 heavy (non-hydrogen) atoms. The van der Waals surface area contributed by atoms with Crippen LogP contribution < -0.4 is 10.5 Å². The van der Waals surface area contributed by atoms with E-state index >= 15 is 0 Å². The van der Waals surface area contributed by atoms with Crippen LogP contribution in [0.5, 0.6) is 5.75 Å². The molecule has 0 saturated heterocycles. The largest absolute Gasteiger partial charge is 0.484 e. The van der Waals surface area contributed by atoms with Crippen molar-refractivity contribution in [2.75, 3.05) is 13.7 Å². The van der Waals surface area contributed by atoms with Crippen LogP contribution in [0.4, 0.5) is 0 Å². The maximum Gasteiger partial charge on any atom is 0.260 e. The molecule has 0 aliphatic carbocycles. The van der Waals surface area contributed by atoms with Crippen molar-refractivity contribution in [3.05, 3.63) is 29.3 Å². The first-order valence-electron chi connectivity index (χ1n) is 6.04. The van der Waals surface area contributed by atoms with Crippen LogP contribution in [0.3, 0.4) is 0 Å². The van der Waals surface area contributed by atoms with Crippen LogP contribution >= 0.6 is 11.6 Å². The van der Waals surface area contributed by atoms with Gasteiger partial charge in [0.05, 0.1) is 0 Å². The zero-order valence-corrected chi connectivity index (χ0v) is 12.2. The first kappa shape index (κ1) is 16.1. The average molecular weight is 300 g/mol. The number of halogens is 1. The lowest BCUT2D eigenvalue weighted by atomic mass is 10.2. The molecule has 0 aliphatic rings. The van der Waals surface area contributed by atoms with Gasteiger partial charge in [-0.25, -0.2) is 0 Å². The highest BCUT2D eigenvalue weighted by molar-refractivity contribution is 6.30. The van der Waals surface area contributed by atoms with Crippen molar-refractivity contribution in [2.24, 2.45) is 10.9 Å². The van der Waals surface area contributed by atoms with Gasteiger partial charge < -0.3 is 20.6 Å². The van der Waals surface area contributed by atoms with E-state index in [0.717, 1.165) is 0 Å². The molecule has 1 unspecified atom stereocenters. The molecule has 0 fully saturated rings. The van der Waals surface area contributed by atoms with E-state index in [0.29, 0.717) is 17.2 Å². The van der Waals surface area contributed by atoms with Crippen molar-refractivity contribution in [3.63, 3.8) is 0 Å². The van der Waals surface area contributed by atoms with E-state index in [-0.39, 0.29) is 24.4 Å². The standard InChI is InChI=1S/C13H18ClN3O3/c1-9(7-12(15)16-19)17(2)13(18)8-20-11-5-3-10(14)4-6-11/h3-6,9,19H,7-8H2,1-2H3,(H2,15,16). The molecule has 110 valence electrons. The average Bonchev–Trinajstić information content (AvgIpc) is 2.45. The van der Waals surface area contributed by atoms with Crippen LogP contribution in [0.2, 0.25) is 5.02 Å². The molecule has 0 spiro atoms. The Morgan fingerprint density at radius 3 is 2.65 bits per heavy atom. The van der Waals surface area contributed by atoms with Crippen molar-refractivity contribution in [2.45, 2.75) is 19.4 Å². The molecule has 0 aromatic heterocycles. The van der Waals surface area contributed by atoms with Gasteiger partial charge in [0.15, 0.2) is 6.61 Å². The molecule has 0 saturated carbocycles. The summed E-state index contributed by atoms with van der Waals surface area (Å²) in [4.78, 5) is 13.4. The molecule has 1 rings (SSSR count). The third-order valence-corrected chi connectivity index (χ3v) is 3.12. The molecule has 0 heterocycles. The van der Waals surface area contributed by atoms with Gasteiger partial charge in [-0.3, -0.25) is 4.79 Å². The number of amidine groups is 1. The van der Waals surface area contributed by atoms with E-state index in [1.165, 1.54) is 4.90 Å². The van der Waals surface area contributed by atoms with Gasteiger partial charge in [0.2, 0.25) is 0 Å². The Morgan fingerprint density at radius 1 is 1.50 bits per heavy atom. The second kappa shape index (κ2) is 7.59. The summed E-state index contributed by atoms with van der Waals surface area (Å²) >= 11 is 5.75. The molecule has 7 heteroatoms. The quantitative estimate of drug-likeness (QED) is 0.362. The smallest absolute Gasteiger partial charge is 0.260 e. The summed E-state index contributed by atoms with van der Waals surface area (Å²) in [6.45, 7) is 1.72. The zero-order valence-electron chi connectivity index (χ0n) is 11.4. The van der Waals surface area contributed by atoms with Gasteiger partial charge in [-0.05, 0) is 31.2 Å². The Balaban J connectivity index is 2.47. The maximum atomic E-state index is 11.9. The Kier molecular flexibility index (Phi) is 6.11. The van der Waals surface area contributed by atoms with Crippen molar-refractivity contribution >= 4 is 23.3 Å². The van der Waals surface area contributed by atoms with Crippen LogP contribution in [0, 0.1) is 0 Å². The molecule has 1 amide bonds. The van der Waals surface area contributed by atoms with Crippen molar-refractivity contribution in [1.29, 1.82) is 0 Å². The SMILES string of the molecule is CC(CC(N)=NO)N(C)C(=O)COc1ccc(Cl)cc1. The van der Waals surface area contributed by atoms with Crippen molar-refractivity contribution < 1.29 is 14.7 Å². The molecular weight excluding hydrogens is 282 g/mol. The van der Waals surface area contributed by atoms with Gasteiger partial charge in [-0.2, -0.15) is 0 Å². The normalized spacial score (nSPS) is 12.8. The van der Waals surface area contributed by atoms with Gasteiger partial charge >= 0.3 is 0 Å². The van der Waals surface area contributed by atoms with Crippen LogP contribution in [0.1, 0.15) is 13.3 Å². The summed E-state index contributed by atoms with van der Waals surface area (Å²) in [6.07, 6.45) is 0.291. The molecular formula is C13H18ClN3O3. The first-order chi connectivity index (χ1) is 9.43. The molecule has 0 radical (unpaired) electrons. The van der Waals surface area contributed by atoms with Crippen LogP contribution in [-0.2, 0) is 4.79 Å². The number of hydrogen-bond acceptors (Lipinski definition) is 4. The molecule has 1 aromatic rings. The Hall–Kier alpha value is -1.95. The molecule has 0 bridgehead atoms. The van der Waals surface area contributed by atoms with E-state index < -0.39 is 0 Å². The number of rotatable bonds is 6. The fraction of sp³-hybridized carbons (Fsp3) is 0.385. The van der Waals surface area contributed by atoms with E-state index in [2.05, 4.69) is 5.16 Å². The predicted molar refractivity (Wildman–Crippen MR) is 77.2 cm³/mol. The fourth-order valence-corrected chi connectivity index (χ4v) is 1.63. The monoisotopic (exact) mass is 299 g/mol. The van der Waals surface area contributed by atoms with E-state index in [4.69, 9.17) is 27.3 Å². The number of carbonyl (C=O) groups excluding carboxylic acids is 1. The fourth-order valence-electron chi connectivity index (χ4n) is 1.50. The van der Waals surface area contributed by atoms with Crippen molar-refractivity contribution in [3.8, 4) is 5.75 Å². The van der Waals surface area contributed by atoms with Gasteiger partial charge in [-0.1, -0.05) is 16.8 Å². The summed E-state index contributed by atoms with van der Waals surface area (Å²) in [7, 11) is 1.64. The summed E-state index contributed by atoms with van der Waals surface area (Å²) < 4.78 is 5.36. The van der Waals surface area contributed by atoms with E-state index in [1.807, 2.05) is 0 Å². The second-order valence-electron chi connectivity index (χ2n) is 4.39. The summed E-state index contributed by atoms with van der Waals surface area (Å²) in [6, 6.07) is 6.57.